The summed E-state index contributed by atoms with van der Waals surface area (Å²) < 4.78 is 4.68. The van der Waals surface area contributed by atoms with Crippen LogP contribution in [0.15, 0.2) is 328 Å². The van der Waals surface area contributed by atoms with Crippen LogP contribution in [-0.4, -0.2) is 24.1 Å². The zero-order chi connectivity index (χ0) is 65.6. The smallest absolute Gasteiger partial charge is 0.164 e. The zero-order valence-electron chi connectivity index (χ0n) is 52.8. The zero-order valence-corrected chi connectivity index (χ0v) is 52.8. The van der Waals surface area contributed by atoms with E-state index in [1.165, 1.54) is 0 Å². The van der Waals surface area contributed by atoms with Gasteiger partial charge in [0.25, 0.3) is 0 Å². The first-order valence-electron chi connectivity index (χ1n) is 32.5. The van der Waals surface area contributed by atoms with Gasteiger partial charge in [-0.1, -0.05) is 218 Å². The fraction of sp³-hybridized carbons (Fsp3) is 0. The van der Waals surface area contributed by atoms with Crippen LogP contribution in [0.2, 0.25) is 0 Å². The Bertz CT molecular complexity index is 5560. The molecule has 0 spiro atoms. The minimum Gasteiger partial charge on any atom is -0.309 e. The van der Waals surface area contributed by atoms with Crippen molar-refractivity contribution >= 4 is 43.6 Å². The molecule has 0 amide bonds. The molecule has 98 heavy (non-hydrogen) atoms. The highest BCUT2D eigenvalue weighted by Crippen LogP contribution is 2.44. The van der Waals surface area contributed by atoms with E-state index in [1.54, 1.807) is 0 Å². The number of nitrogens with zero attached hydrogens (tertiary/aromatic N) is 8. The van der Waals surface area contributed by atoms with Crippen LogP contribution < -0.4 is 0 Å². The lowest BCUT2D eigenvalue weighted by molar-refractivity contribution is 1.07. The number of aromatic nitrogens is 5. The summed E-state index contributed by atoms with van der Waals surface area (Å²) in [5.74, 6) is 1.30. The molecule has 0 unspecified atom stereocenters. The van der Waals surface area contributed by atoms with Crippen molar-refractivity contribution in [2.75, 3.05) is 0 Å². The van der Waals surface area contributed by atoms with Gasteiger partial charge in [-0.05, 0) is 187 Å². The monoisotopic (exact) mass is 1250 g/mol. The molecule has 0 aliphatic carbocycles. The first kappa shape index (κ1) is 58.0. The number of fused-ring (bicyclic) bond motifs is 6. The second-order valence-corrected chi connectivity index (χ2v) is 24.5. The Hall–Kier alpha value is -13.8. The van der Waals surface area contributed by atoms with E-state index >= 15 is 0 Å². The van der Waals surface area contributed by atoms with Crippen LogP contribution in [-0.2, 0) is 0 Å². The van der Waals surface area contributed by atoms with Crippen molar-refractivity contribution in [2.45, 2.75) is 0 Å². The predicted molar refractivity (Wildman–Crippen MR) is 397 cm³/mol. The van der Waals surface area contributed by atoms with Crippen LogP contribution >= 0.6 is 0 Å². The molecule has 17 rings (SSSR count). The third kappa shape index (κ3) is 10.6. The number of hydrogen-bond acceptors (Lipinski definition) is 6. The van der Waals surface area contributed by atoms with Crippen LogP contribution in [0.4, 0.5) is 0 Å². The highest BCUT2D eigenvalue weighted by atomic mass is 15.0. The second-order valence-electron chi connectivity index (χ2n) is 24.5. The molecule has 0 atom stereocenters. The third-order valence-electron chi connectivity index (χ3n) is 18.7. The van der Waals surface area contributed by atoms with E-state index < -0.39 is 0 Å². The maximum atomic E-state index is 10.1. The summed E-state index contributed by atoms with van der Waals surface area (Å²) in [5.41, 5.74) is 24.2. The molecule has 8 nitrogen and oxygen atoms in total. The Balaban J connectivity index is 0.922. The number of benzene rings is 14. The van der Waals surface area contributed by atoms with Crippen LogP contribution in [0.1, 0.15) is 16.7 Å². The maximum absolute atomic E-state index is 10.1. The number of hydrogen-bond donors (Lipinski definition) is 0. The molecule has 0 saturated heterocycles. The molecule has 17 aromatic rings. The van der Waals surface area contributed by atoms with Gasteiger partial charge in [-0.25, -0.2) is 15.0 Å². The Morgan fingerprint density at radius 1 is 0.204 bits per heavy atom. The molecule has 14 aromatic carbocycles. The van der Waals surface area contributed by atoms with Crippen molar-refractivity contribution < 1.29 is 0 Å². The SMILES string of the molecule is N#Cc1ccc(-c2ccc(-c3nc(-c4cc(-n5c6ccc(-c7ccccc7)cc6c6cc(-c7ccccc7)ccc65)ccc4-c4ccc(C#N)cc4)nc(-c4cc(-n5c6ccc(-c7ccccc7)cc6c6cc(-c7ccccc7)ccc65)ccc4-c4ccc(C#N)cc4)n3)cc2)cc1. The Labute approximate surface area is 566 Å². The first-order chi connectivity index (χ1) is 48.4. The molecule has 0 N–H and O–H groups in total. The van der Waals surface area contributed by atoms with E-state index in [2.05, 4.69) is 246 Å². The molecule has 0 saturated carbocycles. The lowest BCUT2D eigenvalue weighted by atomic mass is 9.96. The van der Waals surface area contributed by atoms with Gasteiger partial charge in [-0.2, -0.15) is 15.8 Å². The van der Waals surface area contributed by atoms with Crippen molar-refractivity contribution in [3.8, 4) is 142 Å². The largest absolute Gasteiger partial charge is 0.309 e. The summed E-state index contributed by atoms with van der Waals surface area (Å²) >= 11 is 0. The van der Waals surface area contributed by atoms with Gasteiger partial charge < -0.3 is 9.13 Å². The molecular weight excluding hydrogens is 1190 g/mol. The average molecular weight is 1250 g/mol. The van der Waals surface area contributed by atoms with Gasteiger partial charge in [-0.3, -0.25) is 0 Å². The minimum absolute atomic E-state index is 0.427. The van der Waals surface area contributed by atoms with Crippen molar-refractivity contribution in [1.29, 1.82) is 15.8 Å². The fourth-order valence-corrected chi connectivity index (χ4v) is 13.8. The molecule has 0 aliphatic rings. The van der Waals surface area contributed by atoms with Crippen LogP contribution in [0.3, 0.4) is 0 Å². The molecule has 3 heterocycles. The first-order valence-corrected chi connectivity index (χ1v) is 32.5. The van der Waals surface area contributed by atoms with E-state index in [0.717, 1.165) is 150 Å². The van der Waals surface area contributed by atoms with E-state index in [9.17, 15) is 15.8 Å². The summed E-state index contributed by atoms with van der Waals surface area (Å²) in [7, 11) is 0. The van der Waals surface area contributed by atoms with Crippen molar-refractivity contribution in [3.05, 3.63) is 344 Å². The van der Waals surface area contributed by atoms with E-state index in [0.29, 0.717) is 34.2 Å². The molecular formula is C90H54N8. The van der Waals surface area contributed by atoms with E-state index in [1.807, 2.05) is 109 Å². The van der Waals surface area contributed by atoms with Gasteiger partial charge in [-0.15, -0.1) is 0 Å². The van der Waals surface area contributed by atoms with E-state index in [-0.39, 0.29) is 0 Å². The summed E-state index contributed by atoms with van der Waals surface area (Å²) in [6.45, 7) is 0. The average Bonchev–Trinajstić information content (AvgIpc) is 1.56. The van der Waals surface area contributed by atoms with Gasteiger partial charge in [0.2, 0.25) is 0 Å². The Morgan fingerprint density at radius 3 is 0.765 bits per heavy atom. The molecule has 3 aromatic heterocycles. The number of nitriles is 3. The topological polar surface area (TPSA) is 120 Å². The maximum Gasteiger partial charge on any atom is 0.164 e. The summed E-state index contributed by atoms with van der Waals surface area (Å²) in [6, 6.07) is 120. The van der Waals surface area contributed by atoms with Crippen LogP contribution in [0.25, 0.3) is 167 Å². The van der Waals surface area contributed by atoms with Crippen LogP contribution in [0, 0.1) is 34.0 Å². The van der Waals surface area contributed by atoms with Gasteiger partial charge >= 0.3 is 0 Å². The second kappa shape index (κ2) is 24.6. The highest BCUT2D eigenvalue weighted by Gasteiger charge is 2.24. The van der Waals surface area contributed by atoms with Crippen molar-refractivity contribution in [3.63, 3.8) is 0 Å². The van der Waals surface area contributed by atoms with Crippen molar-refractivity contribution in [2.24, 2.45) is 0 Å². The third-order valence-corrected chi connectivity index (χ3v) is 18.7. The molecule has 0 bridgehead atoms. The predicted octanol–water partition coefficient (Wildman–Crippen LogP) is 22.4. The summed E-state index contributed by atoms with van der Waals surface area (Å²) in [5, 5.41) is 34.3. The number of rotatable bonds is 12. The summed E-state index contributed by atoms with van der Waals surface area (Å²) in [4.78, 5) is 16.9. The van der Waals surface area contributed by atoms with Gasteiger partial charge in [0.05, 0.1) is 57.0 Å². The minimum atomic E-state index is 0.427. The normalized spacial score (nSPS) is 11.2. The molecule has 0 fully saturated rings. The Kier molecular flexibility index (Phi) is 14.5. The van der Waals surface area contributed by atoms with Gasteiger partial charge in [0, 0.05) is 49.6 Å². The summed E-state index contributed by atoms with van der Waals surface area (Å²) in [6.07, 6.45) is 0. The van der Waals surface area contributed by atoms with Crippen molar-refractivity contribution in [1.82, 2.24) is 24.1 Å². The lowest BCUT2D eigenvalue weighted by Crippen LogP contribution is -2.04. The lowest BCUT2D eigenvalue weighted by Gasteiger charge is -2.17. The fourth-order valence-electron chi connectivity index (χ4n) is 13.8. The molecule has 454 valence electrons. The molecule has 8 heteroatoms. The van der Waals surface area contributed by atoms with Gasteiger partial charge in [0.15, 0.2) is 17.5 Å². The molecule has 0 aliphatic heterocycles. The van der Waals surface area contributed by atoms with Gasteiger partial charge in [0.1, 0.15) is 0 Å². The Morgan fingerprint density at radius 2 is 0.459 bits per heavy atom. The standard InChI is InChI=1S/C90H54N8/c91-55-58-21-27-65(28-22-58)66-33-35-69(36-34-66)88-94-89(82-53-74(41-43-76(82)67-29-23-59(56-92)24-30-67)97-84-45-37-70(61-13-5-1-6-14-61)49-78(84)79-50-71(38-46-85(79)97)62-15-7-2-8-16-62)96-90(95-88)83-54-75(42-44-77(83)68-31-25-60(57-93)26-32-68)98-86-47-39-72(63-17-9-3-10-18-63)51-80(86)81-52-73(40-48-87(81)98)64-19-11-4-12-20-64/h1-54H. The van der Waals surface area contributed by atoms with Crippen LogP contribution in [0.5, 0.6) is 0 Å². The highest BCUT2D eigenvalue weighted by molar-refractivity contribution is 6.13. The molecule has 0 radical (unpaired) electrons. The van der Waals surface area contributed by atoms with E-state index in [4.69, 9.17) is 15.0 Å². The quantitative estimate of drug-likeness (QED) is 0.120.